The van der Waals surface area contributed by atoms with Crippen LogP contribution in [0.5, 0.6) is 11.5 Å². The maximum atomic E-state index is 5.70. The van der Waals surface area contributed by atoms with Gasteiger partial charge in [0.1, 0.15) is 17.6 Å². The molecule has 88 valence electrons. The molecule has 1 N–H and O–H groups in total. The van der Waals surface area contributed by atoms with Gasteiger partial charge in [-0.3, -0.25) is 0 Å². The molecule has 1 heterocycles. The Balaban J connectivity index is 2.27. The van der Waals surface area contributed by atoms with Gasteiger partial charge in [0.2, 0.25) is 0 Å². The van der Waals surface area contributed by atoms with Crippen molar-refractivity contribution in [2.45, 2.75) is 26.0 Å². The molecule has 16 heavy (non-hydrogen) atoms. The van der Waals surface area contributed by atoms with Crippen LogP contribution in [0.3, 0.4) is 0 Å². The quantitative estimate of drug-likeness (QED) is 0.788. The summed E-state index contributed by atoms with van der Waals surface area (Å²) in [4.78, 5) is 4.84. The van der Waals surface area contributed by atoms with Crippen molar-refractivity contribution < 1.29 is 14.3 Å². The number of hydroxylamine groups is 1. The van der Waals surface area contributed by atoms with Crippen LogP contribution in [0.25, 0.3) is 0 Å². The molecule has 1 unspecified atom stereocenters. The molecule has 0 bridgehead atoms. The number of hydrogen-bond acceptors (Lipinski definition) is 4. The summed E-state index contributed by atoms with van der Waals surface area (Å²) in [5.41, 5.74) is 5.06. The van der Waals surface area contributed by atoms with Gasteiger partial charge in [0.15, 0.2) is 0 Å². The maximum Gasteiger partial charge on any atom is 0.123 e. The molecular formula is C12H17NO3. The van der Waals surface area contributed by atoms with Gasteiger partial charge >= 0.3 is 0 Å². The van der Waals surface area contributed by atoms with Crippen LogP contribution in [-0.2, 0) is 17.8 Å². The minimum Gasteiger partial charge on any atom is -0.496 e. The van der Waals surface area contributed by atoms with Gasteiger partial charge in [0, 0.05) is 24.1 Å². The highest BCUT2D eigenvalue weighted by atomic mass is 16.6. The Morgan fingerprint density at radius 2 is 2.25 bits per heavy atom. The van der Waals surface area contributed by atoms with Crippen LogP contribution < -0.4 is 15.0 Å². The van der Waals surface area contributed by atoms with E-state index < -0.39 is 0 Å². The fraction of sp³-hybridized carbons (Fsp3) is 0.500. The first-order valence-corrected chi connectivity index (χ1v) is 5.37. The van der Waals surface area contributed by atoms with Crippen molar-refractivity contribution in [3.05, 3.63) is 23.3 Å². The zero-order chi connectivity index (χ0) is 11.5. The number of benzene rings is 1. The predicted molar refractivity (Wildman–Crippen MR) is 60.6 cm³/mol. The average Bonchev–Trinajstić information content (AvgIpc) is 2.63. The van der Waals surface area contributed by atoms with Crippen LogP contribution >= 0.6 is 0 Å². The summed E-state index contributed by atoms with van der Waals surface area (Å²) in [5, 5.41) is 0. The summed E-state index contributed by atoms with van der Waals surface area (Å²) in [6.45, 7) is 2.67. The molecule has 4 nitrogen and oxygen atoms in total. The summed E-state index contributed by atoms with van der Waals surface area (Å²) in [6, 6.07) is 4.06. The highest BCUT2D eigenvalue weighted by Crippen LogP contribution is 2.34. The van der Waals surface area contributed by atoms with E-state index in [9.17, 15) is 0 Å². The Bertz CT molecular complexity index is 379. The molecule has 4 heteroatoms. The third-order valence-corrected chi connectivity index (χ3v) is 2.71. The normalized spacial score (nSPS) is 18.1. The molecular weight excluding hydrogens is 206 g/mol. The summed E-state index contributed by atoms with van der Waals surface area (Å²) in [5.74, 6) is 1.84. The zero-order valence-electron chi connectivity index (χ0n) is 9.87. The lowest BCUT2D eigenvalue weighted by molar-refractivity contribution is 0.0860. The number of rotatable bonds is 4. The van der Waals surface area contributed by atoms with Crippen molar-refractivity contribution in [3.8, 4) is 11.5 Å². The van der Waals surface area contributed by atoms with Crippen molar-refractivity contribution in [1.29, 1.82) is 0 Å². The van der Waals surface area contributed by atoms with Gasteiger partial charge in [0.25, 0.3) is 0 Å². The SMILES string of the molecule is CONCc1cc2c(cc1OC)CC(C)O2. The fourth-order valence-corrected chi connectivity index (χ4v) is 1.96. The predicted octanol–water partition coefficient (Wildman–Crippen LogP) is 1.67. The molecule has 0 saturated heterocycles. The zero-order valence-corrected chi connectivity index (χ0v) is 9.87. The van der Waals surface area contributed by atoms with Crippen molar-refractivity contribution in [2.75, 3.05) is 14.2 Å². The van der Waals surface area contributed by atoms with Gasteiger partial charge in [0.05, 0.1) is 14.2 Å². The largest absolute Gasteiger partial charge is 0.496 e. The molecule has 0 radical (unpaired) electrons. The highest BCUT2D eigenvalue weighted by Gasteiger charge is 2.21. The number of nitrogens with one attached hydrogen (secondary N) is 1. The van der Waals surface area contributed by atoms with Gasteiger partial charge in [-0.2, -0.15) is 5.48 Å². The Hall–Kier alpha value is -1.26. The van der Waals surface area contributed by atoms with Crippen molar-refractivity contribution in [2.24, 2.45) is 0 Å². The van der Waals surface area contributed by atoms with Crippen LogP contribution in [0.1, 0.15) is 18.1 Å². The second-order valence-electron chi connectivity index (χ2n) is 3.93. The van der Waals surface area contributed by atoms with E-state index in [1.807, 2.05) is 12.1 Å². The molecule has 1 aliphatic heterocycles. The molecule has 1 aliphatic rings. The summed E-state index contributed by atoms with van der Waals surface area (Å²) in [6.07, 6.45) is 1.20. The highest BCUT2D eigenvalue weighted by molar-refractivity contribution is 5.48. The monoisotopic (exact) mass is 223 g/mol. The molecule has 2 rings (SSSR count). The van der Waals surface area contributed by atoms with E-state index in [0.717, 1.165) is 23.5 Å². The lowest BCUT2D eigenvalue weighted by Gasteiger charge is -2.11. The van der Waals surface area contributed by atoms with E-state index in [0.29, 0.717) is 6.54 Å². The molecule has 0 fully saturated rings. The molecule has 0 aromatic heterocycles. The van der Waals surface area contributed by atoms with Crippen LogP contribution in [-0.4, -0.2) is 20.3 Å². The summed E-state index contributed by atoms with van der Waals surface area (Å²) in [7, 11) is 3.27. The van der Waals surface area contributed by atoms with Crippen molar-refractivity contribution in [1.82, 2.24) is 5.48 Å². The number of ether oxygens (including phenoxy) is 2. The molecule has 0 spiro atoms. The van der Waals surface area contributed by atoms with Crippen molar-refractivity contribution >= 4 is 0 Å². The Labute approximate surface area is 95.5 Å². The van der Waals surface area contributed by atoms with Gasteiger partial charge in [-0.05, 0) is 19.1 Å². The fourth-order valence-electron chi connectivity index (χ4n) is 1.96. The van der Waals surface area contributed by atoms with E-state index in [4.69, 9.17) is 14.3 Å². The first kappa shape index (κ1) is 11.2. The second kappa shape index (κ2) is 4.72. The Kier molecular flexibility index (Phi) is 3.31. The van der Waals surface area contributed by atoms with E-state index in [1.54, 1.807) is 14.2 Å². The molecule has 1 aromatic rings. The van der Waals surface area contributed by atoms with Crippen LogP contribution in [0.4, 0.5) is 0 Å². The lowest BCUT2D eigenvalue weighted by atomic mass is 10.1. The first-order valence-electron chi connectivity index (χ1n) is 5.37. The molecule has 0 aliphatic carbocycles. The van der Waals surface area contributed by atoms with E-state index in [-0.39, 0.29) is 6.10 Å². The minimum absolute atomic E-state index is 0.255. The second-order valence-corrected chi connectivity index (χ2v) is 3.93. The smallest absolute Gasteiger partial charge is 0.123 e. The summed E-state index contributed by atoms with van der Waals surface area (Å²) < 4.78 is 11.1. The van der Waals surface area contributed by atoms with Crippen LogP contribution in [0.2, 0.25) is 0 Å². The lowest BCUT2D eigenvalue weighted by Crippen LogP contribution is -2.11. The average molecular weight is 223 g/mol. The maximum absolute atomic E-state index is 5.70. The Morgan fingerprint density at radius 3 is 2.94 bits per heavy atom. The number of hydrogen-bond donors (Lipinski definition) is 1. The third kappa shape index (κ3) is 2.13. The standard InChI is InChI=1S/C12H17NO3/c1-8-4-9-5-11(14-2)10(7-13-15-3)6-12(9)16-8/h5-6,8,13H,4,7H2,1-3H3. The molecule has 1 aromatic carbocycles. The molecule has 0 amide bonds. The Morgan fingerprint density at radius 1 is 1.44 bits per heavy atom. The van der Waals surface area contributed by atoms with E-state index >= 15 is 0 Å². The molecule has 1 atom stereocenters. The van der Waals surface area contributed by atoms with E-state index in [2.05, 4.69) is 12.4 Å². The van der Waals surface area contributed by atoms with Gasteiger partial charge in [-0.1, -0.05) is 0 Å². The number of methoxy groups -OCH3 is 1. The first-order chi connectivity index (χ1) is 7.74. The van der Waals surface area contributed by atoms with Gasteiger partial charge in [-0.15, -0.1) is 0 Å². The van der Waals surface area contributed by atoms with Gasteiger partial charge in [-0.25, -0.2) is 0 Å². The van der Waals surface area contributed by atoms with Crippen LogP contribution in [0, 0.1) is 0 Å². The third-order valence-electron chi connectivity index (χ3n) is 2.71. The number of fused-ring (bicyclic) bond motifs is 1. The van der Waals surface area contributed by atoms with E-state index in [1.165, 1.54) is 5.56 Å². The topological polar surface area (TPSA) is 39.7 Å². The molecule has 0 saturated carbocycles. The minimum atomic E-state index is 0.255. The van der Waals surface area contributed by atoms with Crippen molar-refractivity contribution in [3.63, 3.8) is 0 Å². The van der Waals surface area contributed by atoms with Crippen LogP contribution in [0.15, 0.2) is 12.1 Å². The summed E-state index contributed by atoms with van der Waals surface area (Å²) >= 11 is 0. The van der Waals surface area contributed by atoms with Gasteiger partial charge < -0.3 is 14.3 Å².